The molecule has 0 aliphatic heterocycles. The molecule has 0 radical (unpaired) electrons. The van der Waals surface area contributed by atoms with Gasteiger partial charge in [0.05, 0.1) is 5.71 Å². The standard InChI is InChI=1S/C15H24N2OSi/c1-6-10-15(18)13(2)16-17(19(3,4)5)14-11-8-7-9-12-14/h7-9,11-12H,6,10H2,1-5H3/b16-13+. The maximum absolute atomic E-state index is 11.9. The van der Waals surface area contributed by atoms with Gasteiger partial charge in [-0.2, -0.15) is 5.10 Å². The smallest absolute Gasteiger partial charge is 0.178 e. The third-order valence-corrected chi connectivity index (χ3v) is 4.40. The molecule has 4 heteroatoms. The predicted molar refractivity (Wildman–Crippen MR) is 85.3 cm³/mol. The highest BCUT2D eigenvalue weighted by molar-refractivity contribution is 6.79. The molecule has 0 amide bonds. The minimum absolute atomic E-state index is 0.140. The molecule has 0 atom stereocenters. The van der Waals surface area contributed by atoms with E-state index < -0.39 is 8.24 Å². The van der Waals surface area contributed by atoms with Gasteiger partial charge in [-0.15, -0.1) is 0 Å². The van der Waals surface area contributed by atoms with E-state index in [2.05, 4.69) is 29.4 Å². The molecule has 0 fully saturated rings. The van der Waals surface area contributed by atoms with Crippen LogP contribution in [0.15, 0.2) is 35.4 Å². The second-order valence-corrected chi connectivity index (χ2v) is 10.4. The second kappa shape index (κ2) is 6.66. The Labute approximate surface area is 117 Å². The van der Waals surface area contributed by atoms with E-state index in [1.807, 2.05) is 44.2 Å². The quantitative estimate of drug-likeness (QED) is 0.445. The third kappa shape index (κ3) is 4.63. The van der Waals surface area contributed by atoms with Crippen molar-refractivity contribution in [2.24, 2.45) is 5.10 Å². The van der Waals surface area contributed by atoms with Crippen LogP contribution in [0.5, 0.6) is 0 Å². The van der Waals surface area contributed by atoms with Crippen molar-refractivity contribution in [1.82, 2.24) is 0 Å². The first-order valence-electron chi connectivity index (χ1n) is 6.80. The van der Waals surface area contributed by atoms with Gasteiger partial charge < -0.3 is 0 Å². The summed E-state index contributed by atoms with van der Waals surface area (Å²) in [5.74, 6) is 0.140. The van der Waals surface area contributed by atoms with Gasteiger partial charge in [0, 0.05) is 12.1 Å². The van der Waals surface area contributed by atoms with E-state index in [0.29, 0.717) is 12.1 Å². The lowest BCUT2D eigenvalue weighted by Crippen LogP contribution is -2.43. The van der Waals surface area contributed by atoms with Crippen LogP contribution in [-0.4, -0.2) is 19.7 Å². The number of para-hydroxylation sites is 1. The van der Waals surface area contributed by atoms with Crippen molar-refractivity contribution in [3.8, 4) is 0 Å². The number of hydrogen-bond acceptors (Lipinski definition) is 3. The number of carbonyl (C=O) groups excluding carboxylic acids is 1. The van der Waals surface area contributed by atoms with Crippen molar-refractivity contribution in [2.75, 3.05) is 4.67 Å². The molecule has 1 aromatic rings. The van der Waals surface area contributed by atoms with E-state index in [-0.39, 0.29) is 5.78 Å². The first-order chi connectivity index (χ1) is 8.86. The zero-order valence-electron chi connectivity index (χ0n) is 12.6. The Hall–Kier alpha value is -1.42. The molecule has 1 aromatic carbocycles. The lowest BCUT2D eigenvalue weighted by Gasteiger charge is -2.32. The summed E-state index contributed by atoms with van der Waals surface area (Å²) in [4.78, 5) is 11.9. The molecule has 0 bridgehead atoms. The first kappa shape index (κ1) is 15.6. The Morgan fingerprint density at radius 3 is 2.26 bits per heavy atom. The van der Waals surface area contributed by atoms with Crippen molar-refractivity contribution in [1.29, 1.82) is 0 Å². The van der Waals surface area contributed by atoms with Gasteiger partial charge in [0.1, 0.15) is 0 Å². The Balaban J connectivity index is 3.07. The molecule has 0 spiro atoms. The highest BCUT2D eigenvalue weighted by Gasteiger charge is 2.25. The van der Waals surface area contributed by atoms with Gasteiger partial charge in [-0.1, -0.05) is 25.1 Å². The highest BCUT2D eigenvalue weighted by Crippen LogP contribution is 2.21. The minimum atomic E-state index is -1.67. The Morgan fingerprint density at radius 1 is 1.21 bits per heavy atom. The molecule has 104 valence electrons. The summed E-state index contributed by atoms with van der Waals surface area (Å²) >= 11 is 0. The highest BCUT2D eigenvalue weighted by atomic mass is 28.3. The van der Waals surface area contributed by atoms with Crippen molar-refractivity contribution in [3.63, 3.8) is 0 Å². The Morgan fingerprint density at radius 2 is 1.79 bits per heavy atom. The lowest BCUT2D eigenvalue weighted by molar-refractivity contribution is -0.113. The lowest BCUT2D eigenvalue weighted by atomic mass is 10.2. The largest absolute Gasteiger partial charge is 0.295 e. The summed E-state index contributed by atoms with van der Waals surface area (Å²) in [6.07, 6.45) is 1.44. The van der Waals surface area contributed by atoms with E-state index in [9.17, 15) is 4.79 Å². The summed E-state index contributed by atoms with van der Waals surface area (Å²) in [6, 6.07) is 10.1. The summed E-state index contributed by atoms with van der Waals surface area (Å²) in [5.41, 5.74) is 1.67. The molecule has 0 unspecified atom stereocenters. The molecule has 0 aliphatic carbocycles. The number of hydrazone groups is 1. The van der Waals surface area contributed by atoms with Crippen LogP contribution in [0.25, 0.3) is 0 Å². The van der Waals surface area contributed by atoms with Gasteiger partial charge in [0.15, 0.2) is 14.0 Å². The fourth-order valence-electron chi connectivity index (χ4n) is 1.78. The molecule has 0 aliphatic rings. The topological polar surface area (TPSA) is 32.7 Å². The Kier molecular flexibility index (Phi) is 5.48. The van der Waals surface area contributed by atoms with Crippen LogP contribution in [-0.2, 0) is 4.79 Å². The molecular weight excluding hydrogens is 252 g/mol. The van der Waals surface area contributed by atoms with E-state index in [4.69, 9.17) is 0 Å². The monoisotopic (exact) mass is 276 g/mol. The van der Waals surface area contributed by atoms with Crippen LogP contribution >= 0.6 is 0 Å². The van der Waals surface area contributed by atoms with Crippen molar-refractivity contribution >= 4 is 25.4 Å². The summed E-state index contributed by atoms with van der Waals surface area (Å²) in [7, 11) is -1.67. The van der Waals surface area contributed by atoms with Crippen LogP contribution in [0.2, 0.25) is 19.6 Å². The zero-order valence-corrected chi connectivity index (χ0v) is 13.6. The number of benzene rings is 1. The average Bonchev–Trinajstić information content (AvgIpc) is 2.35. The van der Waals surface area contributed by atoms with Crippen molar-refractivity contribution in [3.05, 3.63) is 30.3 Å². The first-order valence-corrected chi connectivity index (χ1v) is 10.2. The van der Waals surface area contributed by atoms with Gasteiger partial charge in [0.25, 0.3) is 0 Å². The summed E-state index contributed by atoms with van der Waals surface area (Å²) in [6.45, 7) is 10.5. The number of rotatable bonds is 6. The van der Waals surface area contributed by atoms with Gasteiger partial charge in [-0.05, 0) is 45.1 Å². The number of anilines is 1. The minimum Gasteiger partial charge on any atom is -0.295 e. The molecule has 0 heterocycles. The molecule has 0 N–H and O–H groups in total. The van der Waals surface area contributed by atoms with E-state index >= 15 is 0 Å². The number of carbonyl (C=O) groups is 1. The maximum Gasteiger partial charge on any atom is 0.178 e. The normalized spacial score (nSPS) is 12.4. The Bertz CT molecular complexity index is 449. The van der Waals surface area contributed by atoms with E-state index in [0.717, 1.165) is 12.1 Å². The summed E-state index contributed by atoms with van der Waals surface area (Å²) < 4.78 is 2.05. The number of nitrogens with zero attached hydrogens (tertiary/aromatic N) is 2. The van der Waals surface area contributed by atoms with Crippen LogP contribution in [0.3, 0.4) is 0 Å². The molecule has 1 rings (SSSR count). The molecule has 3 nitrogen and oxygen atoms in total. The number of ketones is 1. The van der Waals surface area contributed by atoms with Gasteiger partial charge in [-0.3, -0.25) is 9.47 Å². The van der Waals surface area contributed by atoms with Gasteiger partial charge in [0.2, 0.25) is 0 Å². The molecule has 0 aromatic heterocycles. The predicted octanol–water partition coefficient (Wildman–Crippen LogP) is 4.07. The third-order valence-electron chi connectivity index (χ3n) is 2.77. The fraction of sp³-hybridized carbons (Fsp3) is 0.467. The fourth-order valence-corrected chi connectivity index (χ4v) is 3.15. The number of hydrogen-bond donors (Lipinski definition) is 0. The van der Waals surface area contributed by atoms with E-state index in [1.165, 1.54) is 0 Å². The summed E-state index contributed by atoms with van der Waals surface area (Å²) in [5, 5.41) is 4.60. The number of Topliss-reactive ketones (excluding diaryl/α,β-unsaturated/α-hetero) is 1. The molecule has 0 saturated carbocycles. The van der Waals surface area contributed by atoms with Crippen LogP contribution in [0, 0.1) is 0 Å². The van der Waals surface area contributed by atoms with Gasteiger partial charge >= 0.3 is 0 Å². The van der Waals surface area contributed by atoms with E-state index in [1.54, 1.807) is 0 Å². The average molecular weight is 276 g/mol. The van der Waals surface area contributed by atoms with Crippen molar-refractivity contribution < 1.29 is 4.79 Å². The molecular formula is C15H24N2OSi. The van der Waals surface area contributed by atoms with Crippen LogP contribution in [0.1, 0.15) is 26.7 Å². The SMILES string of the molecule is CCCC(=O)/C(C)=N/N(c1ccccc1)[Si](C)(C)C. The second-order valence-electron chi connectivity index (χ2n) is 5.68. The zero-order chi connectivity index (χ0) is 14.5. The van der Waals surface area contributed by atoms with Crippen LogP contribution in [0.4, 0.5) is 5.69 Å². The molecule has 19 heavy (non-hydrogen) atoms. The molecule has 0 saturated heterocycles. The van der Waals surface area contributed by atoms with Gasteiger partial charge in [-0.25, -0.2) is 0 Å². The maximum atomic E-state index is 11.9. The van der Waals surface area contributed by atoms with Crippen molar-refractivity contribution in [2.45, 2.75) is 46.3 Å². The van der Waals surface area contributed by atoms with Crippen LogP contribution < -0.4 is 4.67 Å².